The zero-order valence-corrected chi connectivity index (χ0v) is 43.2. The Labute approximate surface area is 452 Å². The number of rotatable bonds is 7. The summed E-state index contributed by atoms with van der Waals surface area (Å²) in [7, 11) is 0. The average Bonchev–Trinajstić information content (AvgIpc) is 4.16. The molecule has 0 bridgehead atoms. The molecule has 366 valence electrons. The van der Waals surface area contributed by atoms with E-state index in [-0.39, 0.29) is 5.41 Å². The molecule has 0 N–H and O–H groups in total. The van der Waals surface area contributed by atoms with E-state index in [2.05, 4.69) is 278 Å². The molecule has 0 aliphatic heterocycles. The minimum atomic E-state index is -0.0898. The van der Waals surface area contributed by atoms with Gasteiger partial charge in [-0.15, -0.1) is 0 Å². The van der Waals surface area contributed by atoms with Gasteiger partial charge in [-0.3, -0.25) is 0 Å². The highest BCUT2D eigenvalue weighted by Crippen LogP contribution is 2.50. The molecule has 3 heteroatoms. The highest BCUT2D eigenvalue weighted by molar-refractivity contribution is 6.26. The molecule has 2 aromatic heterocycles. The first-order valence-electron chi connectivity index (χ1n) is 27.1. The predicted octanol–water partition coefficient (Wildman–Crippen LogP) is 20.9. The van der Waals surface area contributed by atoms with Gasteiger partial charge in [0.25, 0.3) is 0 Å². The Bertz CT molecular complexity index is 4890. The SMILES string of the molecule is CC1(C)c2ccccc2-c2ccc(-c3ccc4c(c3)c3cc(-c5ccc(N(c6ccccc6)c6ccc(-c7cccc8oc9ccccc9c78)cc6)cc5)ccc3n4-c3ccc4c5ccccc5c5ccccc5c4c3)cc21. The van der Waals surface area contributed by atoms with Crippen molar-refractivity contribution in [3.63, 3.8) is 0 Å². The van der Waals surface area contributed by atoms with Gasteiger partial charge in [0.05, 0.1) is 11.0 Å². The zero-order valence-electron chi connectivity index (χ0n) is 43.2. The summed E-state index contributed by atoms with van der Waals surface area (Å²) >= 11 is 0. The minimum absolute atomic E-state index is 0.0898. The summed E-state index contributed by atoms with van der Waals surface area (Å²) in [6.07, 6.45) is 0. The third-order valence-electron chi connectivity index (χ3n) is 17.0. The van der Waals surface area contributed by atoms with Gasteiger partial charge in [-0.25, -0.2) is 0 Å². The Morgan fingerprint density at radius 1 is 0.308 bits per heavy atom. The Morgan fingerprint density at radius 3 is 1.49 bits per heavy atom. The van der Waals surface area contributed by atoms with Crippen LogP contribution in [0.5, 0.6) is 0 Å². The van der Waals surface area contributed by atoms with Crippen LogP contribution in [0.2, 0.25) is 0 Å². The van der Waals surface area contributed by atoms with E-state index in [0.717, 1.165) is 61.4 Å². The second kappa shape index (κ2) is 17.0. The van der Waals surface area contributed by atoms with Crippen molar-refractivity contribution in [2.24, 2.45) is 0 Å². The molecule has 0 amide bonds. The van der Waals surface area contributed by atoms with Crippen molar-refractivity contribution in [3.05, 3.63) is 278 Å². The number of furan rings is 1. The first-order chi connectivity index (χ1) is 38.4. The van der Waals surface area contributed by atoms with Crippen molar-refractivity contribution in [1.29, 1.82) is 0 Å². The lowest BCUT2D eigenvalue weighted by Gasteiger charge is -2.26. The average molecular weight is 995 g/mol. The van der Waals surface area contributed by atoms with Crippen LogP contribution in [0.3, 0.4) is 0 Å². The second-order valence-electron chi connectivity index (χ2n) is 21.6. The van der Waals surface area contributed by atoms with Crippen molar-refractivity contribution in [2.75, 3.05) is 4.90 Å². The van der Waals surface area contributed by atoms with Crippen LogP contribution in [0, 0.1) is 0 Å². The number of para-hydroxylation sites is 2. The standard InChI is InChI=1S/C75H50N2O/c1-75(2)68-24-12-10-21-62(68)63-39-31-51(45-69(63)75)50-33-42-71-67(44-50)66-43-49(32-41-70(66)77(71)55-38-40-61-59-19-7-6-17-57(59)58-18-8-9-20-60(58)65(61)46-55)47-27-34-53(35-28-47)76(52-15-4-3-5-16-52)54-36-29-48(30-37-54)56-23-14-26-73-74(56)64-22-11-13-25-72(64)78-73/h3-46H,1-2H3. The fraction of sp³-hybridized carbons (Fsp3) is 0.0400. The fourth-order valence-corrected chi connectivity index (χ4v) is 13.2. The third kappa shape index (κ3) is 6.71. The van der Waals surface area contributed by atoms with E-state index in [1.165, 1.54) is 93.1 Å². The van der Waals surface area contributed by atoms with Crippen LogP contribution in [0.15, 0.2) is 271 Å². The summed E-state index contributed by atoms with van der Waals surface area (Å²) in [5.74, 6) is 0. The number of fused-ring (bicyclic) bond motifs is 15. The minimum Gasteiger partial charge on any atom is -0.456 e. The van der Waals surface area contributed by atoms with Crippen LogP contribution < -0.4 is 4.90 Å². The van der Waals surface area contributed by atoms with Crippen LogP contribution in [-0.4, -0.2) is 4.57 Å². The van der Waals surface area contributed by atoms with Crippen molar-refractivity contribution >= 4 is 93.1 Å². The molecule has 0 spiro atoms. The molecule has 0 atom stereocenters. The van der Waals surface area contributed by atoms with Crippen molar-refractivity contribution in [3.8, 4) is 50.2 Å². The van der Waals surface area contributed by atoms with Crippen molar-refractivity contribution in [2.45, 2.75) is 19.3 Å². The van der Waals surface area contributed by atoms with Gasteiger partial charge in [0.1, 0.15) is 11.2 Å². The topological polar surface area (TPSA) is 21.3 Å². The Kier molecular flexibility index (Phi) is 9.68. The monoisotopic (exact) mass is 994 g/mol. The predicted molar refractivity (Wildman–Crippen MR) is 329 cm³/mol. The molecular formula is C75H50N2O. The molecule has 1 aliphatic carbocycles. The maximum Gasteiger partial charge on any atom is 0.136 e. The molecule has 13 aromatic carbocycles. The van der Waals surface area contributed by atoms with Gasteiger partial charge in [0.2, 0.25) is 0 Å². The molecule has 0 saturated heterocycles. The van der Waals surface area contributed by atoms with Gasteiger partial charge >= 0.3 is 0 Å². The molecule has 0 fully saturated rings. The van der Waals surface area contributed by atoms with E-state index in [0.29, 0.717) is 0 Å². The Balaban J connectivity index is 0.822. The van der Waals surface area contributed by atoms with E-state index in [1.54, 1.807) is 0 Å². The normalized spacial score (nSPS) is 12.8. The van der Waals surface area contributed by atoms with Gasteiger partial charge in [-0.05, 0) is 179 Å². The van der Waals surface area contributed by atoms with E-state index < -0.39 is 0 Å². The van der Waals surface area contributed by atoms with E-state index in [1.807, 2.05) is 12.1 Å². The number of nitrogens with zero attached hydrogens (tertiary/aromatic N) is 2. The number of benzene rings is 13. The smallest absolute Gasteiger partial charge is 0.136 e. The van der Waals surface area contributed by atoms with E-state index in [4.69, 9.17) is 4.42 Å². The first kappa shape index (κ1) is 44.3. The molecule has 0 unspecified atom stereocenters. The van der Waals surface area contributed by atoms with Gasteiger partial charge in [0.15, 0.2) is 0 Å². The third-order valence-corrected chi connectivity index (χ3v) is 17.0. The van der Waals surface area contributed by atoms with Crippen LogP contribution >= 0.6 is 0 Å². The lowest BCUT2D eigenvalue weighted by atomic mass is 9.81. The first-order valence-corrected chi connectivity index (χ1v) is 27.1. The summed E-state index contributed by atoms with van der Waals surface area (Å²) in [6.45, 7) is 4.73. The summed E-state index contributed by atoms with van der Waals surface area (Å²) in [5.41, 5.74) is 21.0. The Hall–Kier alpha value is -9.96. The van der Waals surface area contributed by atoms with Gasteiger partial charge in [-0.2, -0.15) is 0 Å². The van der Waals surface area contributed by atoms with Crippen molar-refractivity contribution in [1.82, 2.24) is 4.57 Å². The second-order valence-corrected chi connectivity index (χ2v) is 21.6. The van der Waals surface area contributed by atoms with E-state index >= 15 is 0 Å². The maximum atomic E-state index is 6.27. The van der Waals surface area contributed by atoms with E-state index in [9.17, 15) is 0 Å². The zero-order chi connectivity index (χ0) is 51.6. The highest BCUT2D eigenvalue weighted by Gasteiger charge is 2.35. The van der Waals surface area contributed by atoms with Crippen LogP contribution in [0.25, 0.3) is 126 Å². The molecular weight excluding hydrogens is 945 g/mol. The molecule has 78 heavy (non-hydrogen) atoms. The lowest BCUT2D eigenvalue weighted by molar-refractivity contribution is 0.660. The van der Waals surface area contributed by atoms with Gasteiger partial charge in [-0.1, -0.05) is 190 Å². The molecule has 0 saturated carbocycles. The van der Waals surface area contributed by atoms with Crippen LogP contribution in [0.4, 0.5) is 17.1 Å². The quantitative estimate of drug-likeness (QED) is 0.148. The Morgan fingerprint density at radius 2 is 0.795 bits per heavy atom. The molecule has 2 heterocycles. The number of hydrogen-bond acceptors (Lipinski definition) is 2. The number of hydrogen-bond donors (Lipinski definition) is 0. The summed E-state index contributed by atoms with van der Waals surface area (Å²) < 4.78 is 8.75. The lowest BCUT2D eigenvalue weighted by Crippen LogP contribution is -2.14. The number of anilines is 3. The van der Waals surface area contributed by atoms with Crippen molar-refractivity contribution < 1.29 is 4.42 Å². The summed E-state index contributed by atoms with van der Waals surface area (Å²) in [5, 5.41) is 12.3. The van der Waals surface area contributed by atoms with Crippen LogP contribution in [-0.2, 0) is 5.41 Å². The molecule has 15 aromatic rings. The summed E-state index contributed by atoms with van der Waals surface area (Å²) in [6, 6.07) is 98.2. The highest BCUT2D eigenvalue weighted by atomic mass is 16.3. The van der Waals surface area contributed by atoms with Gasteiger partial charge < -0.3 is 13.9 Å². The summed E-state index contributed by atoms with van der Waals surface area (Å²) in [4.78, 5) is 2.34. The van der Waals surface area contributed by atoms with Crippen LogP contribution in [0.1, 0.15) is 25.0 Å². The number of aromatic nitrogens is 1. The van der Waals surface area contributed by atoms with Gasteiger partial charge in [0, 0.05) is 49.7 Å². The fourth-order valence-electron chi connectivity index (χ4n) is 13.2. The molecule has 1 aliphatic rings. The molecule has 3 nitrogen and oxygen atoms in total. The maximum absolute atomic E-state index is 6.27. The molecule has 16 rings (SSSR count). The molecule has 0 radical (unpaired) electrons. The largest absolute Gasteiger partial charge is 0.456 e.